The maximum absolute atomic E-state index is 12.2. The largest absolute Gasteiger partial charge is 0.506 e. The van der Waals surface area contributed by atoms with Crippen molar-refractivity contribution in [2.24, 2.45) is 0 Å². The Bertz CT molecular complexity index is 224. The van der Waals surface area contributed by atoms with Crippen molar-refractivity contribution in [3.05, 3.63) is 11.8 Å². The highest BCUT2D eigenvalue weighted by molar-refractivity contribution is 5.82. The Morgan fingerprint density at radius 3 is 2.31 bits per heavy atom. The summed E-state index contributed by atoms with van der Waals surface area (Å²) in [4.78, 5) is 10.3. The fourth-order valence-corrected chi connectivity index (χ4v) is 0.379. The quantitative estimate of drug-likeness (QED) is 0.326. The molecular weight excluding hydrogens is 196 g/mol. The van der Waals surface area contributed by atoms with Crippen LogP contribution in [0, 0.1) is 0 Å². The lowest BCUT2D eigenvalue weighted by Crippen LogP contribution is -2.29. The number of hydrogen-bond acceptors (Lipinski definition) is 3. The molecule has 0 heterocycles. The predicted octanol–water partition coefficient (Wildman–Crippen LogP) is 1.50. The van der Waals surface area contributed by atoms with Crippen molar-refractivity contribution in [3.8, 4) is 0 Å². The molecule has 0 aromatic heterocycles. The van der Waals surface area contributed by atoms with Crippen molar-refractivity contribution in [3.63, 3.8) is 0 Å². The molecule has 7 heteroatoms. The molecule has 0 aliphatic heterocycles. The predicted molar refractivity (Wildman–Crippen MR) is 33.7 cm³/mol. The van der Waals surface area contributed by atoms with Crippen LogP contribution in [0.15, 0.2) is 11.8 Å². The van der Waals surface area contributed by atoms with E-state index in [1.54, 1.807) is 0 Å². The lowest BCUT2D eigenvalue weighted by Gasteiger charge is -2.13. The van der Waals surface area contributed by atoms with Gasteiger partial charge >= 0.3 is 18.3 Å². The van der Waals surface area contributed by atoms with Crippen molar-refractivity contribution in [2.45, 2.75) is 12.3 Å². The first kappa shape index (κ1) is 11.7. The van der Waals surface area contributed by atoms with Crippen LogP contribution in [0.5, 0.6) is 0 Å². The van der Waals surface area contributed by atoms with Gasteiger partial charge in [0, 0.05) is 0 Å². The van der Waals surface area contributed by atoms with Crippen molar-refractivity contribution in [2.75, 3.05) is 7.11 Å². The number of carbonyl (C=O) groups excluding carboxylic acids is 1. The fraction of sp³-hybridized carbons (Fsp3) is 0.500. The zero-order chi connectivity index (χ0) is 10.6. The summed E-state index contributed by atoms with van der Waals surface area (Å²) in [6.07, 6.45) is -4.18. The van der Waals surface area contributed by atoms with Gasteiger partial charge in [-0.15, -0.1) is 0 Å². The van der Waals surface area contributed by atoms with Gasteiger partial charge in [-0.05, 0) is 0 Å². The van der Waals surface area contributed by atoms with Gasteiger partial charge in [0.1, 0.15) is 0 Å². The number of alkyl halides is 4. The highest BCUT2D eigenvalue weighted by atomic mass is 19.3. The zero-order valence-electron chi connectivity index (χ0n) is 6.43. The van der Waals surface area contributed by atoms with E-state index in [2.05, 4.69) is 4.74 Å². The van der Waals surface area contributed by atoms with E-state index in [1.807, 2.05) is 0 Å². The molecule has 0 amide bonds. The Morgan fingerprint density at radius 1 is 1.54 bits per heavy atom. The maximum atomic E-state index is 12.2. The van der Waals surface area contributed by atoms with Gasteiger partial charge in [0.25, 0.3) is 0 Å². The first-order valence-electron chi connectivity index (χ1n) is 2.97. The highest BCUT2D eigenvalue weighted by Crippen LogP contribution is 2.29. The molecule has 0 fully saturated rings. The van der Waals surface area contributed by atoms with Crippen LogP contribution in [0.1, 0.15) is 0 Å². The van der Waals surface area contributed by atoms with E-state index in [0.29, 0.717) is 0 Å². The van der Waals surface area contributed by atoms with Crippen LogP contribution < -0.4 is 0 Å². The summed E-state index contributed by atoms with van der Waals surface area (Å²) in [5.74, 6) is -8.08. The Labute approximate surface area is 70.6 Å². The number of halogens is 4. The molecule has 0 aromatic carbocycles. The normalized spacial score (nSPS) is 13.2. The van der Waals surface area contributed by atoms with Crippen LogP contribution in [0.25, 0.3) is 0 Å². The summed E-state index contributed by atoms with van der Waals surface area (Å²) >= 11 is 0. The lowest BCUT2D eigenvalue weighted by molar-refractivity contribution is -0.137. The molecule has 0 rings (SSSR count). The summed E-state index contributed by atoms with van der Waals surface area (Å²) < 4.78 is 51.2. The van der Waals surface area contributed by atoms with Gasteiger partial charge in [-0.3, -0.25) is 0 Å². The Kier molecular flexibility index (Phi) is 3.70. The van der Waals surface area contributed by atoms with Crippen LogP contribution in [0.4, 0.5) is 17.6 Å². The molecule has 3 nitrogen and oxygen atoms in total. The fourth-order valence-electron chi connectivity index (χ4n) is 0.379. The molecule has 1 N–H and O–H groups in total. The molecular formula is C6H6F4O3. The van der Waals surface area contributed by atoms with Crippen LogP contribution >= 0.6 is 0 Å². The van der Waals surface area contributed by atoms with E-state index in [4.69, 9.17) is 5.11 Å². The molecule has 0 atom stereocenters. The Morgan fingerprint density at radius 2 is 2.00 bits per heavy atom. The van der Waals surface area contributed by atoms with Gasteiger partial charge in [0.15, 0.2) is 5.76 Å². The van der Waals surface area contributed by atoms with Crippen molar-refractivity contribution in [1.29, 1.82) is 0 Å². The van der Waals surface area contributed by atoms with E-state index in [-0.39, 0.29) is 6.08 Å². The van der Waals surface area contributed by atoms with E-state index < -0.39 is 24.1 Å². The van der Waals surface area contributed by atoms with E-state index in [1.165, 1.54) is 0 Å². The van der Waals surface area contributed by atoms with Gasteiger partial charge in [0.05, 0.1) is 13.2 Å². The third-order valence-electron chi connectivity index (χ3n) is 1.07. The number of ether oxygens (including phenoxy) is 1. The van der Waals surface area contributed by atoms with Crippen LogP contribution in [-0.2, 0) is 9.53 Å². The van der Waals surface area contributed by atoms with Gasteiger partial charge < -0.3 is 9.84 Å². The van der Waals surface area contributed by atoms with Crippen molar-refractivity contribution >= 4 is 5.97 Å². The van der Waals surface area contributed by atoms with Crippen molar-refractivity contribution in [1.82, 2.24) is 0 Å². The highest BCUT2D eigenvalue weighted by Gasteiger charge is 2.45. The maximum Gasteiger partial charge on any atom is 0.363 e. The molecule has 0 saturated heterocycles. The van der Waals surface area contributed by atoms with Crippen LogP contribution in [0.3, 0.4) is 0 Å². The van der Waals surface area contributed by atoms with Crippen LogP contribution in [-0.4, -0.2) is 30.5 Å². The van der Waals surface area contributed by atoms with E-state index in [0.717, 1.165) is 7.11 Å². The summed E-state index contributed by atoms with van der Waals surface area (Å²) in [5, 5.41) is 8.38. The molecule has 0 bridgehead atoms. The number of hydrogen-bond donors (Lipinski definition) is 1. The molecule has 76 valence electrons. The number of carbonyl (C=O) groups is 1. The summed E-state index contributed by atoms with van der Waals surface area (Å²) in [6, 6.07) is 0. The summed E-state index contributed by atoms with van der Waals surface area (Å²) in [5.41, 5.74) is 0. The van der Waals surface area contributed by atoms with Gasteiger partial charge in [0.2, 0.25) is 0 Å². The first-order chi connectivity index (χ1) is 5.82. The van der Waals surface area contributed by atoms with Gasteiger partial charge in [-0.2, -0.15) is 8.78 Å². The van der Waals surface area contributed by atoms with Crippen LogP contribution in [0.2, 0.25) is 0 Å². The third-order valence-corrected chi connectivity index (χ3v) is 1.07. The minimum absolute atomic E-state index is 0.105. The Hall–Kier alpha value is -1.27. The summed E-state index contributed by atoms with van der Waals surface area (Å²) in [6.45, 7) is 0. The number of rotatable bonds is 3. The second-order valence-corrected chi connectivity index (χ2v) is 1.98. The molecule has 0 saturated carbocycles. The molecule has 0 aliphatic carbocycles. The SMILES string of the molecule is COC(=O)C=C(O)C(F)(F)C(F)F. The minimum Gasteiger partial charge on any atom is -0.506 e. The average Bonchev–Trinajstić information content (AvgIpc) is 2.03. The zero-order valence-corrected chi connectivity index (χ0v) is 6.43. The molecule has 0 unspecified atom stereocenters. The number of aliphatic hydroxyl groups is 1. The molecule has 0 spiro atoms. The first-order valence-corrected chi connectivity index (χ1v) is 2.97. The standard InChI is InChI=1S/C6H6F4O3/c1-13-4(12)2-3(11)6(9,10)5(7)8/h2,5,11H,1H3. The van der Waals surface area contributed by atoms with Gasteiger partial charge in [-0.25, -0.2) is 13.6 Å². The number of methoxy groups -OCH3 is 1. The second-order valence-electron chi connectivity index (χ2n) is 1.98. The van der Waals surface area contributed by atoms with Crippen molar-refractivity contribution < 1.29 is 32.2 Å². The Balaban J connectivity index is 4.67. The third kappa shape index (κ3) is 2.92. The molecule has 13 heavy (non-hydrogen) atoms. The second kappa shape index (κ2) is 4.11. The number of allylic oxidation sites excluding steroid dienone is 1. The van der Waals surface area contributed by atoms with E-state index in [9.17, 15) is 22.4 Å². The average molecular weight is 202 g/mol. The minimum atomic E-state index is -4.73. The number of esters is 1. The van der Waals surface area contributed by atoms with Gasteiger partial charge in [-0.1, -0.05) is 0 Å². The molecule has 0 radical (unpaired) electrons. The summed E-state index contributed by atoms with van der Waals surface area (Å²) in [7, 11) is 0.854. The molecule has 0 aromatic rings. The number of aliphatic hydroxyl groups excluding tert-OH is 1. The topological polar surface area (TPSA) is 46.5 Å². The van der Waals surface area contributed by atoms with E-state index >= 15 is 0 Å². The lowest BCUT2D eigenvalue weighted by atomic mass is 10.2. The molecule has 0 aliphatic rings. The smallest absolute Gasteiger partial charge is 0.363 e. The monoisotopic (exact) mass is 202 g/mol.